The normalized spacial score (nSPS) is 19.6. The Morgan fingerprint density at radius 1 is 1.28 bits per heavy atom. The molecule has 0 radical (unpaired) electrons. The number of ether oxygens (including phenoxy) is 2. The van der Waals surface area contributed by atoms with E-state index in [2.05, 4.69) is 11.4 Å². The fourth-order valence-corrected chi connectivity index (χ4v) is 2.36. The molecule has 0 unspecified atom stereocenters. The fourth-order valence-electron chi connectivity index (χ4n) is 2.36. The van der Waals surface area contributed by atoms with E-state index in [-0.39, 0.29) is 12.6 Å². The van der Waals surface area contributed by atoms with Gasteiger partial charge in [0.15, 0.2) is 11.5 Å². The van der Waals surface area contributed by atoms with E-state index in [1.807, 2.05) is 12.1 Å². The molecule has 1 atom stereocenters. The summed E-state index contributed by atoms with van der Waals surface area (Å²) in [6.45, 7) is 1.38. The molecule has 4 heteroatoms. The van der Waals surface area contributed by atoms with Crippen molar-refractivity contribution in [3.8, 4) is 11.5 Å². The molecule has 2 N–H and O–H groups in total. The largest absolute Gasteiger partial charge is 0.486 e. The van der Waals surface area contributed by atoms with Crippen molar-refractivity contribution >= 4 is 0 Å². The average Bonchev–Trinajstić information content (AvgIpc) is 3.22. The third-order valence-electron chi connectivity index (χ3n) is 3.40. The zero-order chi connectivity index (χ0) is 12.4. The molecule has 0 spiro atoms. The van der Waals surface area contributed by atoms with Crippen LogP contribution in [0.25, 0.3) is 0 Å². The van der Waals surface area contributed by atoms with Gasteiger partial charge in [0.2, 0.25) is 0 Å². The molecule has 18 heavy (non-hydrogen) atoms. The Kier molecular flexibility index (Phi) is 3.39. The SMILES string of the molecule is OCC[C@H](NC1CC1)c1cccc2c1OCCO2. The Morgan fingerprint density at radius 3 is 2.89 bits per heavy atom. The predicted octanol–water partition coefficient (Wildman–Crippen LogP) is 1.63. The lowest BCUT2D eigenvalue weighted by Gasteiger charge is -2.25. The van der Waals surface area contributed by atoms with Crippen LogP contribution < -0.4 is 14.8 Å². The number of para-hydroxylation sites is 1. The van der Waals surface area contributed by atoms with Crippen LogP contribution >= 0.6 is 0 Å². The van der Waals surface area contributed by atoms with Gasteiger partial charge < -0.3 is 19.9 Å². The van der Waals surface area contributed by atoms with E-state index >= 15 is 0 Å². The summed E-state index contributed by atoms with van der Waals surface area (Å²) in [7, 11) is 0. The van der Waals surface area contributed by atoms with Crippen LogP contribution in [0.5, 0.6) is 11.5 Å². The lowest BCUT2D eigenvalue weighted by molar-refractivity contribution is 0.167. The first-order chi connectivity index (χ1) is 8.88. The second-order valence-corrected chi connectivity index (χ2v) is 4.88. The van der Waals surface area contributed by atoms with Crippen molar-refractivity contribution in [2.75, 3.05) is 19.8 Å². The van der Waals surface area contributed by atoms with Crippen molar-refractivity contribution in [2.24, 2.45) is 0 Å². The van der Waals surface area contributed by atoms with Crippen LogP contribution in [0, 0.1) is 0 Å². The number of benzene rings is 1. The van der Waals surface area contributed by atoms with Gasteiger partial charge in [-0.15, -0.1) is 0 Å². The Labute approximate surface area is 107 Å². The molecule has 0 amide bonds. The summed E-state index contributed by atoms with van der Waals surface area (Å²) >= 11 is 0. The molecule has 1 fully saturated rings. The van der Waals surface area contributed by atoms with Crippen LogP contribution in [0.2, 0.25) is 0 Å². The highest BCUT2D eigenvalue weighted by atomic mass is 16.6. The maximum Gasteiger partial charge on any atom is 0.166 e. The second kappa shape index (κ2) is 5.16. The quantitative estimate of drug-likeness (QED) is 0.833. The van der Waals surface area contributed by atoms with E-state index < -0.39 is 0 Å². The molecule has 1 aromatic carbocycles. The van der Waals surface area contributed by atoms with E-state index in [4.69, 9.17) is 9.47 Å². The number of aliphatic hydroxyl groups is 1. The zero-order valence-electron chi connectivity index (χ0n) is 10.4. The van der Waals surface area contributed by atoms with E-state index in [9.17, 15) is 5.11 Å². The van der Waals surface area contributed by atoms with Crippen LogP contribution in [0.15, 0.2) is 18.2 Å². The number of fused-ring (bicyclic) bond motifs is 1. The van der Waals surface area contributed by atoms with Gasteiger partial charge in [-0.1, -0.05) is 12.1 Å². The Balaban J connectivity index is 1.87. The fraction of sp³-hybridized carbons (Fsp3) is 0.571. The summed E-state index contributed by atoms with van der Waals surface area (Å²) in [6.07, 6.45) is 3.17. The van der Waals surface area contributed by atoms with Crippen molar-refractivity contribution < 1.29 is 14.6 Å². The summed E-state index contributed by atoms with van der Waals surface area (Å²) < 4.78 is 11.3. The highest BCUT2D eigenvalue weighted by Crippen LogP contribution is 2.39. The van der Waals surface area contributed by atoms with Gasteiger partial charge in [0.25, 0.3) is 0 Å². The van der Waals surface area contributed by atoms with Crippen molar-refractivity contribution in [3.05, 3.63) is 23.8 Å². The molecular weight excluding hydrogens is 230 g/mol. The van der Waals surface area contributed by atoms with Crippen molar-refractivity contribution in [1.82, 2.24) is 5.32 Å². The molecule has 1 aromatic rings. The van der Waals surface area contributed by atoms with Crippen LogP contribution in [0.3, 0.4) is 0 Å². The third kappa shape index (κ3) is 2.44. The van der Waals surface area contributed by atoms with Gasteiger partial charge in [0.1, 0.15) is 13.2 Å². The molecule has 1 heterocycles. The molecule has 0 saturated heterocycles. The minimum absolute atomic E-state index is 0.152. The van der Waals surface area contributed by atoms with Crippen LogP contribution in [-0.4, -0.2) is 31.0 Å². The Morgan fingerprint density at radius 2 is 2.11 bits per heavy atom. The summed E-state index contributed by atoms with van der Waals surface area (Å²) in [5.41, 5.74) is 1.10. The second-order valence-electron chi connectivity index (χ2n) is 4.88. The molecule has 1 aliphatic carbocycles. The van der Waals surface area contributed by atoms with Gasteiger partial charge in [-0.3, -0.25) is 0 Å². The molecule has 3 rings (SSSR count). The summed E-state index contributed by atoms with van der Waals surface area (Å²) in [5, 5.41) is 12.8. The minimum Gasteiger partial charge on any atom is -0.486 e. The summed E-state index contributed by atoms with van der Waals surface area (Å²) in [4.78, 5) is 0. The van der Waals surface area contributed by atoms with Crippen molar-refractivity contribution in [1.29, 1.82) is 0 Å². The Hall–Kier alpha value is -1.26. The minimum atomic E-state index is 0.152. The highest BCUT2D eigenvalue weighted by Gasteiger charge is 2.28. The predicted molar refractivity (Wildman–Crippen MR) is 68.0 cm³/mol. The first-order valence-electron chi connectivity index (χ1n) is 6.64. The number of aliphatic hydroxyl groups excluding tert-OH is 1. The molecule has 1 aliphatic heterocycles. The van der Waals surface area contributed by atoms with E-state index in [1.165, 1.54) is 12.8 Å². The Bertz CT molecular complexity index is 418. The number of hydrogen-bond donors (Lipinski definition) is 2. The van der Waals surface area contributed by atoms with Gasteiger partial charge in [-0.05, 0) is 25.3 Å². The molecule has 0 bridgehead atoms. The maximum atomic E-state index is 9.22. The third-order valence-corrected chi connectivity index (χ3v) is 3.40. The van der Waals surface area contributed by atoms with Crippen LogP contribution in [0.1, 0.15) is 30.9 Å². The smallest absolute Gasteiger partial charge is 0.166 e. The monoisotopic (exact) mass is 249 g/mol. The summed E-state index contributed by atoms with van der Waals surface area (Å²) in [5.74, 6) is 1.66. The lowest BCUT2D eigenvalue weighted by Crippen LogP contribution is -2.26. The lowest BCUT2D eigenvalue weighted by atomic mass is 10.0. The highest BCUT2D eigenvalue weighted by molar-refractivity contribution is 5.49. The van der Waals surface area contributed by atoms with E-state index in [1.54, 1.807) is 0 Å². The molecular formula is C14H19NO3. The molecule has 4 nitrogen and oxygen atoms in total. The van der Waals surface area contributed by atoms with Crippen molar-refractivity contribution in [3.63, 3.8) is 0 Å². The van der Waals surface area contributed by atoms with Gasteiger partial charge in [0, 0.05) is 24.3 Å². The number of hydrogen-bond acceptors (Lipinski definition) is 4. The van der Waals surface area contributed by atoms with E-state index in [0.717, 1.165) is 17.1 Å². The first kappa shape index (κ1) is 11.8. The van der Waals surface area contributed by atoms with Crippen LogP contribution in [0.4, 0.5) is 0 Å². The zero-order valence-corrected chi connectivity index (χ0v) is 10.4. The van der Waals surface area contributed by atoms with Gasteiger partial charge in [-0.2, -0.15) is 0 Å². The van der Waals surface area contributed by atoms with Gasteiger partial charge in [0.05, 0.1) is 0 Å². The van der Waals surface area contributed by atoms with Gasteiger partial charge >= 0.3 is 0 Å². The topological polar surface area (TPSA) is 50.7 Å². The first-order valence-corrected chi connectivity index (χ1v) is 6.64. The maximum absolute atomic E-state index is 9.22. The van der Waals surface area contributed by atoms with Crippen molar-refractivity contribution in [2.45, 2.75) is 31.3 Å². The number of rotatable bonds is 5. The molecule has 2 aliphatic rings. The molecule has 0 aromatic heterocycles. The van der Waals surface area contributed by atoms with E-state index in [0.29, 0.717) is 25.7 Å². The number of nitrogens with one attached hydrogen (secondary N) is 1. The van der Waals surface area contributed by atoms with Gasteiger partial charge in [-0.25, -0.2) is 0 Å². The van der Waals surface area contributed by atoms with Crippen LogP contribution in [-0.2, 0) is 0 Å². The average molecular weight is 249 g/mol. The standard InChI is InChI=1S/C14H19NO3/c16-7-6-12(15-10-4-5-10)11-2-1-3-13-14(11)18-9-8-17-13/h1-3,10,12,15-16H,4-9H2/t12-/m0/s1. The summed E-state index contributed by atoms with van der Waals surface area (Å²) in [6, 6.07) is 6.73. The molecule has 1 saturated carbocycles. The molecule has 98 valence electrons.